The largest absolute Gasteiger partial charge is 0.468 e. The van der Waals surface area contributed by atoms with Gasteiger partial charge in [0.1, 0.15) is 6.07 Å². The minimum Gasteiger partial charge on any atom is -0.468 e. The molecule has 0 aliphatic rings. The monoisotopic (exact) mass is 302 g/mol. The smallest absolute Gasteiger partial charge is 0.325 e. The number of methoxy groups -OCH3 is 1. The molecule has 0 aliphatic carbocycles. The lowest BCUT2D eigenvalue weighted by atomic mass is 10.2. The van der Waals surface area contributed by atoms with Crippen LogP contribution in [0.1, 0.15) is 12.5 Å². The number of anilines is 1. The van der Waals surface area contributed by atoms with Crippen molar-refractivity contribution < 1.29 is 17.9 Å². The van der Waals surface area contributed by atoms with Gasteiger partial charge >= 0.3 is 5.97 Å². The number of hydrogen-bond donors (Lipinski definition) is 1. The van der Waals surface area contributed by atoms with E-state index < -0.39 is 21.2 Å². The molecule has 0 aliphatic heterocycles. The van der Waals surface area contributed by atoms with E-state index in [0.717, 1.165) is 7.11 Å². The van der Waals surface area contributed by atoms with Crippen molar-refractivity contribution in [2.75, 3.05) is 11.8 Å². The summed E-state index contributed by atoms with van der Waals surface area (Å²) < 4.78 is 30.4. The Hall–Kier alpha value is -1.78. The SMILES string of the molecule is COC(=O)C(C)S(=O)(=O)Nc1cc(Cl)ccc1C#N. The van der Waals surface area contributed by atoms with Gasteiger partial charge in [0.2, 0.25) is 10.0 Å². The fraction of sp³-hybridized carbons (Fsp3) is 0.273. The quantitative estimate of drug-likeness (QED) is 0.850. The van der Waals surface area contributed by atoms with Gasteiger partial charge in [-0.25, -0.2) is 8.42 Å². The first-order valence-electron chi connectivity index (χ1n) is 5.11. The number of rotatable bonds is 4. The number of sulfonamides is 1. The van der Waals surface area contributed by atoms with Gasteiger partial charge < -0.3 is 4.74 Å². The summed E-state index contributed by atoms with van der Waals surface area (Å²) in [6.07, 6.45) is 0. The van der Waals surface area contributed by atoms with Crippen molar-refractivity contribution in [2.45, 2.75) is 12.2 Å². The van der Waals surface area contributed by atoms with Gasteiger partial charge in [0.05, 0.1) is 18.4 Å². The lowest BCUT2D eigenvalue weighted by Crippen LogP contribution is -2.33. The Morgan fingerprint density at radius 3 is 2.68 bits per heavy atom. The van der Waals surface area contributed by atoms with Crippen molar-refractivity contribution in [3.63, 3.8) is 0 Å². The summed E-state index contributed by atoms with van der Waals surface area (Å²) in [5.74, 6) is -0.895. The molecule has 0 amide bonds. The molecule has 1 rings (SSSR count). The molecule has 1 unspecified atom stereocenters. The molecular formula is C11H11ClN2O4S. The molecule has 19 heavy (non-hydrogen) atoms. The molecule has 0 saturated heterocycles. The van der Waals surface area contributed by atoms with Crippen molar-refractivity contribution >= 4 is 33.3 Å². The zero-order valence-electron chi connectivity index (χ0n) is 10.2. The average molecular weight is 303 g/mol. The van der Waals surface area contributed by atoms with Gasteiger partial charge in [0, 0.05) is 5.02 Å². The number of nitrogens with one attached hydrogen (secondary N) is 1. The summed E-state index contributed by atoms with van der Waals surface area (Å²) in [5, 5.41) is 7.75. The maximum absolute atomic E-state index is 11.9. The van der Waals surface area contributed by atoms with E-state index in [1.54, 1.807) is 0 Å². The molecule has 1 aromatic rings. The number of benzene rings is 1. The predicted octanol–water partition coefficient (Wildman–Crippen LogP) is 1.51. The number of carbonyl (C=O) groups excluding carboxylic acids is 1. The Morgan fingerprint density at radius 1 is 1.53 bits per heavy atom. The zero-order chi connectivity index (χ0) is 14.6. The van der Waals surface area contributed by atoms with Crippen LogP contribution in [0, 0.1) is 11.3 Å². The third-order valence-corrected chi connectivity index (χ3v) is 4.22. The highest BCUT2D eigenvalue weighted by atomic mass is 35.5. The van der Waals surface area contributed by atoms with Crippen LogP contribution >= 0.6 is 11.6 Å². The number of nitrogens with zero attached hydrogens (tertiary/aromatic N) is 1. The maximum atomic E-state index is 11.9. The molecule has 0 aromatic heterocycles. The normalized spacial score (nSPS) is 12.3. The number of esters is 1. The fourth-order valence-electron chi connectivity index (χ4n) is 1.23. The van der Waals surface area contributed by atoms with Crippen LogP contribution in [0.4, 0.5) is 5.69 Å². The molecule has 0 saturated carbocycles. The highest BCUT2D eigenvalue weighted by Gasteiger charge is 2.29. The number of halogens is 1. The third kappa shape index (κ3) is 3.59. The van der Waals surface area contributed by atoms with Crippen molar-refractivity contribution in [2.24, 2.45) is 0 Å². The Labute approximate surface area is 116 Å². The van der Waals surface area contributed by atoms with Gasteiger partial charge in [-0.05, 0) is 25.1 Å². The second-order valence-electron chi connectivity index (χ2n) is 3.61. The average Bonchev–Trinajstić information content (AvgIpc) is 2.36. The predicted molar refractivity (Wildman–Crippen MR) is 70.2 cm³/mol. The number of hydrogen-bond acceptors (Lipinski definition) is 5. The number of nitriles is 1. The van der Waals surface area contributed by atoms with Gasteiger partial charge in [-0.3, -0.25) is 9.52 Å². The molecule has 1 N–H and O–H groups in total. The minimum atomic E-state index is -4.01. The summed E-state index contributed by atoms with van der Waals surface area (Å²) in [5.41, 5.74) is 0.121. The van der Waals surface area contributed by atoms with E-state index in [1.807, 2.05) is 6.07 Å². The lowest BCUT2D eigenvalue weighted by Gasteiger charge is -2.13. The lowest BCUT2D eigenvalue weighted by molar-refractivity contribution is -0.139. The van der Waals surface area contributed by atoms with E-state index in [4.69, 9.17) is 16.9 Å². The molecule has 1 atom stereocenters. The molecular weight excluding hydrogens is 292 g/mol. The summed E-state index contributed by atoms with van der Waals surface area (Å²) >= 11 is 5.74. The molecule has 6 nitrogen and oxygen atoms in total. The van der Waals surface area contributed by atoms with E-state index >= 15 is 0 Å². The summed E-state index contributed by atoms with van der Waals surface area (Å²) in [6.45, 7) is 1.19. The highest BCUT2D eigenvalue weighted by Crippen LogP contribution is 2.22. The Kier molecular flexibility index (Phi) is 4.75. The van der Waals surface area contributed by atoms with Crippen LogP contribution in [0.3, 0.4) is 0 Å². The summed E-state index contributed by atoms with van der Waals surface area (Å²) in [6, 6.07) is 5.96. The van der Waals surface area contributed by atoms with E-state index in [-0.39, 0.29) is 16.3 Å². The van der Waals surface area contributed by atoms with Crippen LogP contribution < -0.4 is 4.72 Å². The molecule has 0 heterocycles. The second-order valence-corrected chi connectivity index (χ2v) is 6.05. The van der Waals surface area contributed by atoms with E-state index in [9.17, 15) is 13.2 Å². The highest BCUT2D eigenvalue weighted by molar-refractivity contribution is 7.94. The van der Waals surface area contributed by atoms with Crippen molar-refractivity contribution in [3.05, 3.63) is 28.8 Å². The van der Waals surface area contributed by atoms with Gasteiger partial charge in [0.25, 0.3) is 0 Å². The standard InChI is InChI=1S/C11H11ClN2O4S/c1-7(11(15)18-2)19(16,17)14-10-5-9(12)4-3-8(10)6-13/h3-5,7,14H,1-2H3. The van der Waals surface area contributed by atoms with Crippen LogP contribution in [-0.2, 0) is 19.6 Å². The van der Waals surface area contributed by atoms with Crippen LogP contribution in [0.15, 0.2) is 18.2 Å². The molecule has 0 bridgehead atoms. The molecule has 102 valence electrons. The topological polar surface area (TPSA) is 96.3 Å². The van der Waals surface area contributed by atoms with Gasteiger partial charge in [-0.1, -0.05) is 11.6 Å². The summed E-state index contributed by atoms with van der Waals surface area (Å²) in [7, 11) is -2.92. The number of ether oxygens (including phenoxy) is 1. The zero-order valence-corrected chi connectivity index (χ0v) is 11.7. The number of carbonyl (C=O) groups is 1. The van der Waals surface area contributed by atoms with E-state index in [1.165, 1.54) is 25.1 Å². The first-order chi connectivity index (χ1) is 8.81. The molecule has 0 spiro atoms. The van der Waals surface area contributed by atoms with Gasteiger partial charge in [-0.2, -0.15) is 5.26 Å². The van der Waals surface area contributed by atoms with Crippen molar-refractivity contribution in [1.29, 1.82) is 5.26 Å². The molecule has 0 fully saturated rings. The van der Waals surface area contributed by atoms with Crippen molar-refractivity contribution in [1.82, 2.24) is 0 Å². The van der Waals surface area contributed by atoms with Crippen LogP contribution in [0.25, 0.3) is 0 Å². The van der Waals surface area contributed by atoms with Gasteiger partial charge in [0.15, 0.2) is 5.25 Å². The van der Waals surface area contributed by atoms with E-state index in [0.29, 0.717) is 0 Å². The molecule has 0 radical (unpaired) electrons. The Morgan fingerprint density at radius 2 is 2.16 bits per heavy atom. The van der Waals surface area contributed by atoms with E-state index in [2.05, 4.69) is 9.46 Å². The fourth-order valence-corrected chi connectivity index (χ4v) is 2.41. The minimum absolute atomic E-state index is 0.0192. The second kappa shape index (κ2) is 5.91. The van der Waals surface area contributed by atoms with Crippen molar-refractivity contribution in [3.8, 4) is 6.07 Å². The summed E-state index contributed by atoms with van der Waals surface area (Å²) in [4.78, 5) is 11.2. The van der Waals surface area contributed by atoms with Crippen LogP contribution in [0.2, 0.25) is 5.02 Å². The molecule has 8 heteroatoms. The maximum Gasteiger partial charge on any atom is 0.325 e. The first-order valence-corrected chi connectivity index (χ1v) is 7.03. The van der Waals surface area contributed by atoms with Gasteiger partial charge in [-0.15, -0.1) is 0 Å². The third-order valence-electron chi connectivity index (χ3n) is 2.35. The molecule has 1 aromatic carbocycles. The first kappa shape index (κ1) is 15.3. The Bertz CT molecular complexity index is 637. The van der Waals surface area contributed by atoms with Crippen LogP contribution in [0.5, 0.6) is 0 Å². The Balaban J connectivity index is 3.12. The van der Waals surface area contributed by atoms with Crippen LogP contribution in [-0.4, -0.2) is 26.7 Å².